The van der Waals surface area contributed by atoms with Crippen molar-refractivity contribution in [1.29, 1.82) is 0 Å². The quantitative estimate of drug-likeness (QED) is 0.405. The largest absolute Gasteiger partial charge is 0.360 e. The first-order valence-corrected chi connectivity index (χ1v) is 8.60. The molecule has 4 aromatic rings. The molecule has 0 fully saturated rings. The zero-order valence-electron chi connectivity index (χ0n) is 14.0. The van der Waals surface area contributed by atoms with Crippen molar-refractivity contribution in [3.05, 3.63) is 77.1 Å². The van der Waals surface area contributed by atoms with Gasteiger partial charge in [-0.3, -0.25) is 9.59 Å². The number of nitrogens with zero attached hydrogens (tertiary/aromatic N) is 1. The van der Waals surface area contributed by atoms with Gasteiger partial charge in [0.25, 0.3) is 11.7 Å². The highest BCUT2D eigenvalue weighted by Crippen LogP contribution is 2.22. The number of amides is 1. The topological polar surface area (TPSA) is 88.0 Å². The number of aromatic nitrogens is 2. The van der Waals surface area contributed by atoms with Crippen molar-refractivity contribution < 1.29 is 14.1 Å². The number of carbonyl (C=O) groups is 2. The Kier molecular flexibility index (Phi) is 4.48. The Bertz CT molecular complexity index is 1130. The Hall–Kier alpha value is -3.38. The zero-order chi connectivity index (χ0) is 18.8. The minimum Gasteiger partial charge on any atom is -0.360 e. The molecule has 2 aromatic carbocycles. The summed E-state index contributed by atoms with van der Waals surface area (Å²) in [6.07, 6.45) is 1.54. The minimum absolute atomic E-state index is 0.0873. The first-order valence-electron chi connectivity index (χ1n) is 8.22. The van der Waals surface area contributed by atoms with Crippen molar-refractivity contribution in [2.45, 2.75) is 6.54 Å². The number of fused-ring (bicyclic) bond motifs is 1. The first-order chi connectivity index (χ1) is 13.1. The molecule has 0 radical (unpaired) electrons. The van der Waals surface area contributed by atoms with Gasteiger partial charge in [-0.1, -0.05) is 35.0 Å². The third kappa shape index (κ3) is 3.47. The summed E-state index contributed by atoms with van der Waals surface area (Å²) >= 11 is 5.87. The monoisotopic (exact) mass is 379 g/mol. The normalized spacial score (nSPS) is 10.9. The van der Waals surface area contributed by atoms with Crippen molar-refractivity contribution in [2.75, 3.05) is 0 Å². The lowest BCUT2D eigenvalue weighted by atomic mass is 10.1. The molecule has 0 saturated heterocycles. The zero-order valence-corrected chi connectivity index (χ0v) is 14.8. The lowest BCUT2D eigenvalue weighted by Gasteiger charge is -2.01. The Morgan fingerprint density at radius 3 is 2.70 bits per heavy atom. The van der Waals surface area contributed by atoms with E-state index in [4.69, 9.17) is 16.1 Å². The molecule has 7 heteroatoms. The number of halogens is 1. The Labute approximate surface area is 159 Å². The summed E-state index contributed by atoms with van der Waals surface area (Å²) < 4.78 is 5.28. The van der Waals surface area contributed by atoms with Crippen LogP contribution in [0.1, 0.15) is 16.1 Å². The fourth-order valence-corrected chi connectivity index (χ4v) is 2.90. The van der Waals surface area contributed by atoms with Gasteiger partial charge in [0.1, 0.15) is 5.69 Å². The number of hydrogen-bond acceptors (Lipinski definition) is 4. The van der Waals surface area contributed by atoms with Gasteiger partial charge in [-0.15, -0.1) is 0 Å². The minimum atomic E-state index is -0.698. The molecule has 1 amide bonds. The predicted octanol–water partition coefficient (Wildman–Crippen LogP) is 3.98. The van der Waals surface area contributed by atoms with E-state index in [1.54, 1.807) is 30.5 Å². The molecule has 2 N–H and O–H groups in total. The van der Waals surface area contributed by atoms with E-state index < -0.39 is 11.7 Å². The Balaban J connectivity index is 1.43. The molecule has 4 rings (SSSR count). The predicted molar refractivity (Wildman–Crippen MR) is 101 cm³/mol. The lowest BCUT2D eigenvalue weighted by Crippen LogP contribution is -2.30. The summed E-state index contributed by atoms with van der Waals surface area (Å²) in [4.78, 5) is 27.6. The molecule has 0 aliphatic heterocycles. The number of hydrogen-bond donors (Lipinski definition) is 2. The number of H-pyrrole nitrogens is 1. The van der Waals surface area contributed by atoms with Crippen LogP contribution in [-0.2, 0) is 11.3 Å². The van der Waals surface area contributed by atoms with Crippen LogP contribution in [-0.4, -0.2) is 21.8 Å². The summed E-state index contributed by atoms with van der Waals surface area (Å²) in [5.41, 5.74) is 2.47. The van der Waals surface area contributed by atoms with Crippen LogP contribution in [0.25, 0.3) is 22.2 Å². The molecule has 0 aliphatic rings. The second-order valence-electron chi connectivity index (χ2n) is 5.95. The maximum absolute atomic E-state index is 12.4. The van der Waals surface area contributed by atoms with E-state index in [2.05, 4.69) is 15.5 Å². The number of nitrogens with one attached hydrogen (secondary N) is 2. The molecular formula is C20H14ClN3O3. The van der Waals surface area contributed by atoms with Crippen molar-refractivity contribution >= 4 is 34.2 Å². The van der Waals surface area contributed by atoms with Crippen LogP contribution in [0.5, 0.6) is 0 Å². The van der Waals surface area contributed by atoms with Crippen LogP contribution >= 0.6 is 11.6 Å². The van der Waals surface area contributed by atoms with Crippen molar-refractivity contribution in [2.24, 2.45) is 0 Å². The van der Waals surface area contributed by atoms with Crippen LogP contribution in [0.2, 0.25) is 5.02 Å². The summed E-state index contributed by atoms with van der Waals surface area (Å²) in [5, 5.41) is 7.84. The second-order valence-corrected chi connectivity index (χ2v) is 6.39. The molecular weight excluding hydrogens is 366 g/mol. The molecule has 6 nitrogen and oxygen atoms in total. The fourth-order valence-electron chi connectivity index (χ4n) is 2.78. The number of aromatic amines is 1. The third-order valence-corrected chi connectivity index (χ3v) is 4.41. The third-order valence-electron chi connectivity index (χ3n) is 4.16. The lowest BCUT2D eigenvalue weighted by molar-refractivity contribution is -0.117. The van der Waals surface area contributed by atoms with Gasteiger partial charge in [-0.2, -0.15) is 0 Å². The van der Waals surface area contributed by atoms with Gasteiger partial charge >= 0.3 is 0 Å². The van der Waals surface area contributed by atoms with Crippen LogP contribution in [0.3, 0.4) is 0 Å². The van der Waals surface area contributed by atoms with Gasteiger partial charge in [-0.05, 0) is 30.3 Å². The van der Waals surface area contributed by atoms with Gasteiger partial charge in [0.05, 0.1) is 12.1 Å². The molecule has 0 atom stereocenters. The van der Waals surface area contributed by atoms with E-state index in [9.17, 15) is 9.59 Å². The maximum Gasteiger partial charge on any atom is 0.292 e. The number of Topliss-reactive ketones (excluding diaryl/α,β-unsaturated/α-hetero) is 1. The van der Waals surface area contributed by atoms with Crippen LogP contribution in [0, 0.1) is 0 Å². The average Bonchev–Trinajstić information content (AvgIpc) is 3.33. The molecule has 0 bridgehead atoms. The number of rotatable bonds is 5. The summed E-state index contributed by atoms with van der Waals surface area (Å²) in [6, 6.07) is 16.1. The highest BCUT2D eigenvalue weighted by atomic mass is 35.5. The summed E-state index contributed by atoms with van der Waals surface area (Å²) in [6.45, 7) is 0.0873. The van der Waals surface area contributed by atoms with E-state index in [0.29, 0.717) is 27.4 Å². The molecule has 0 unspecified atom stereocenters. The summed E-state index contributed by atoms with van der Waals surface area (Å²) in [7, 11) is 0. The van der Waals surface area contributed by atoms with Crippen LogP contribution in [0.4, 0.5) is 0 Å². The van der Waals surface area contributed by atoms with E-state index in [0.717, 1.165) is 11.1 Å². The molecule has 0 aliphatic carbocycles. The molecule has 0 spiro atoms. The molecule has 0 saturated carbocycles. The average molecular weight is 380 g/mol. The summed E-state index contributed by atoms with van der Waals surface area (Å²) in [5.74, 6) is -0.747. The van der Waals surface area contributed by atoms with Gasteiger partial charge in [0, 0.05) is 33.8 Å². The fraction of sp³-hybridized carbons (Fsp3) is 0.0500. The van der Waals surface area contributed by atoms with Crippen LogP contribution in [0.15, 0.2) is 65.3 Å². The molecule has 27 heavy (non-hydrogen) atoms. The van der Waals surface area contributed by atoms with E-state index in [1.165, 1.54) is 0 Å². The molecule has 2 heterocycles. The molecule has 2 aromatic heterocycles. The Morgan fingerprint density at radius 1 is 1.11 bits per heavy atom. The number of para-hydroxylation sites is 1. The van der Waals surface area contributed by atoms with E-state index in [1.807, 2.05) is 30.3 Å². The van der Waals surface area contributed by atoms with Crippen molar-refractivity contribution in [1.82, 2.24) is 15.5 Å². The van der Waals surface area contributed by atoms with Crippen molar-refractivity contribution in [3.63, 3.8) is 0 Å². The Morgan fingerprint density at radius 2 is 1.89 bits per heavy atom. The van der Waals surface area contributed by atoms with E-state index >= 15 is 0 Å². The number of carbonyl (C=O) groups excluding carboxylic acids is 2. The van der Waals surface area contributed by atoms with Crippen LogP contribution < -0.4 is 5.32 Å². The highest BCUT2D eigenvalue weighted by Gasteiger charge is 2.20. The second kappa shape index (κ2) is 7.09. The molecule has 134 valence electrons. The highest BCUT2D eigenvalue weighted by molar-refractivity contribution is 6.44. The number of ketones is 1. The number of benzene rings is 2. The standard InChI is InChI=1S/C20H14ClN3O3/c21-13-7-5-12(6-8-13)18-9-14(24-27-18)10-23-20(26)19(25)16-11-22-17-4-2-1-3-15(16)17/h1-9,11,22H,10H2,(H,23,26). The first kappa shape index (κ1) is 17.1. The van der Waals surface area contributed by atoms with E-state index in [-0.39, 0.29) is 6.54 Å². The smallest absolute Gasteiger partial charge is 0.292 e. The maximum atomic E-state index is 12.4. The van der Waals surface area contributed by atoms with Crippen molar-refractivity contribution in [3.8, 4) is 11.3 Å². The SMILES string of the molecule is O=C(NCc1cc(-c2ccc(Cl)cc2)on1)C(=O)c1c[nH]c2ccccc12. The van der Waals surface area contributed by atoms with Gasteiger partial charge in [0.2, 0.25) is 0 Å². The van der Waals surface area contributed by atoms with Gasteiger partial charge in [-0.25, -0.2) is 0 Å². The van der Waals surface area contributed by atoms with Gasteiger partial charge < -0.3 is 14.8 Å². The van der Waals surface area contributed by atoms with Gasteiger partial charge in [0.15, 0.2) is 5.76 Å².